The Morgan fingerprint density at radius 1 is 1.53 bits per heavy atom. The van der Waals surface area contributed by atoms with E-state index >= 15 is 0 Å². The third kappa shape index (κ3) is 3.18. The third-order valence-electron chi connectivity index (χ3n) is 2.56. The van der Waals surface area contributed by atoms with Crippen LogP contribution in [0.25, 0.3) is 0 Å². The average Bonchev–Trinajstić information content (AvgIpc) is 2.34. The molecule has 1 aromatic carbocycles. The Kier molecular flexibility index (Phi) is 4.46. The molecule has 5 heteroatoms. The monoisotopic (exact) mass is 233 g/mol. The summed E-state index contributed by atoms with van der Waals surface area (Å²) in [7, 11) is 1.80. The molecule has 90 valence electrons. The van der Waals surface area contributed by atoms with Crippen LogP contribution in [0.3, 0.4) is 0 Å². The molecular weight excluding hydrogens is 218 g/mol. The first-order chi connectivity index (χ1) is 8.10. The highest BCUT2D eigenvalue weighted by atomic mass is 16.6. The van der Waals surface area contributed by atoms with E-state index in [1.807, 2.05) is 11.0 Å². The van der Waals surface area contributed by atoms with Crippen molar-refractivity contribution in [1.82, 2.24) is 0 Å². The normalized spacial score (nSPS) is 9.71. The molecule has 17 heavy (non-hydrogen) atoms. The second kappa shape index (κ2) is 5.85. The lowest BCUT2D eigenvalue weighted by Crippen LogP contribution is -2.19. The maximum Gasteiger partial charge on any atom is 0.292 e. The van der Waals surface area contributed by atoms with Crippen LogP contribution in [0.2, 0.25) is 0 Å². The molecule has 5 nitrogen and oxygen atoms in total. The maximum atomic E-state index is 10.9. The lowest BCUT2D eigenvalue weighted by atomic mass is 10.1. The molecule has 0 saturated carbocycles. The summed E-state index contributed by atoms with van der Waals surface area (Å²) in [6.45, 7) is 2.81. The minimum absolute atomic E-state index is 0.0441. The summed E-state index contributed by atoms with van der Waals surface area (Å²) in [6.07, 6.45) is 1.99. The highest BCUT2D eigenvalue weighted by Crippen LogP contribution is 2.28. The molecule has 1 rings (SSSR count). The van der Waals surface area contributed by atoms with Crippen LogP contribution >= 0.6 is 0 Å². The van der Waals surface area contributed by atoms with Gasteiger partial charge in [0.2, 0.25) is 0 Å². The zero-order chi connectivity index (χ0) is 12.8. The van der Waals surface area contributed by atoms with Crippen molar-refractivity contribution in [3.8, 4) is 6.07 Å². The standard InChI is InChI=1S/C12H15N3O2/c1-3-4-7-14(2)12-8-10(9-13)5-6-11(12)15(16)17/h5-6,8H,3-4,7H2,1-2H3. The number of nitrogens with zero attached hydrogens (tertiary/aromatic N) is 3. The predicted octanol–water partition coefficient (Wildman–Crippen LogP) is 2.70. The van der Waals surface area contributed by atoms with E-state index in [-0.39, 0.29) is 5.69 Å². The van der Waals surface area contributed by atoms with Crippen LogP contribution in [0.5, 0.6) is 0 Å². The fourth-order valence-corrected chi connectivity index (χ4v) is 1.57. The zero-order valence-electron chi connectivity index (χ0n) is 10.0. The van der Waals surface area contributed by atoms with Gasteiger partial charge in [0.1, 0.15) is 5.69 Å². The molecule has 0 fully saturated rings. The van der Waals surface area contributed by atoms with Gasteiger partial charge in [-0.15, -0.1) is 0 Å². The van der Waals surface area contributed by atoms with Gasteiger partial charge in [-0.2, -0.15) is 5.26 Å². The lowest BCUT2D eigenvalue weighted by Gasteiger charge is -2.18. The molecule has 1 aromatic rings. The summed E-state index contributed by atoms with van der Waals surface area (Å²) in [4.78, 5) is 12.3. The van der Waals surface area contributed by atoms with Gasteiger partial charge in [0.15, 0.2) is 0 Å². The summed E-state index contributed by atoms with van der Waals surface area (Å²) in [5.74, 6) is 0. The second-order valence-electron chi connectivity index (χ2n) is 3.85. The van der Waals surface area contributed by atoms with Crippen LogP contribution in [0.15, 0.2) is 18.2 Å². The molecule has 0 saturated heterocycles. The Hall–Kier alpha value is -2.09. The van der Waals surface area contributed by atoms with Crippen LogP contribution in [0.4, 0.5) is 11.4 Å². The van der Waals surface area contributed by atoms with E-state index in [2.05, 4.69) is 6.92 Å². The van der Waals surface area contributed by atoms with E-state index in [0.717, 1.165) is 19.4 Å². The van der Waals surface area contributed by atoms with Gasteiger partial charge in [0.25, 0.3) is 5.69 Å². The fourth-order valence-electron chi connectivity index (χ4n) is 1.57. The van der Waals surface area contributed by atoms with Gasteiger partial charge in [-0.3, -0.25) is 10.1 Å². The number of rotatable bonds is 5. The minimum Gasteiger partial charge on any atom is -0.369 e. The van der Waals surface area contributed by atoms with Gasteiger partial charge < -0.3 is 4.90 Å². The minimum atomic E-state index is -0.418. The molecule has 0 bridgehead atoms. The van der Waals surface area contributed by atoms with Gasteiger partial charge in [-0.25, -0.2) is 0 Å². The number of unbranched alkanes of at least 4 members (excludes halogenated alkanes) is 1. The summed E-state index contributed by atoms with van der Waals surface area (Å²) < 4.78 is 0. The molecule has 0 heterocycles. The molecule has 0 N–H and O–H groups in total. The van der Waals surface area contributed by atoms with Gasteiger partial charge >= 0.3 is 0 Å². The Morgan fingerprint density at radius 3 is 2.76 bits per heavy atom. The number of hydrogen-bond donors (Lipinski definition) is 0. The van der Waals surface area contributed by atoms with Crippen LogP contribution in [0, 0.1) is 21.4 Å². The molecule has 0 aliphatic rings. The first kappa shape index (κ1) is 13.0. The quantitative estimate of drug-likeness (QED) is 0.579. The number of nitriles is 1. The first-order valence-corrected chi connectivity index (χ1v) is 5.49. The molecule has 0 aliphatic heterocycles. The van der Waals surface area contributed by atoms with E-state index in [1.54, 1.807) is 13.1 Å². The van der Waals surface area contributed by atoms with E-state index in [4.69, 9.17) is 5.26 Å². The van der Waals surface area contributed by atoms with Gasteiger partial charge in [-0.1, -0.05) is 13.3 Å². The van der Waals surface area contributed by atoms with Crippen LogP contribution in [-0.4, -0.2) is 18.5 Å². The van der Waals surface area contributed by atoms with Crippen molar-refractivity contribution in [2.24, 2.45) is 0 Å². The molecule has 0 aromatic heterocycles. The Labute approximate surface area is 100 Å². The van der Waals surface area contributed by atoms with Crippen molar-refractivity contribution < 1.29 is 4.92 Å². The number of nitro groups is 1. The topological polar surface area (TPSA) is 70.2 Å². The van der Waals surface area contributed by atoms with Crippen molar-refractivity contribution in [1.29, 1.82) is 5.26 Å². The van der Waals surface area contributed by atoms with E-state index in [9.17, 15) is 10.1 Å². The molecule has 0 spiro atoms. The Morgan fingerprint density at radius 2 is 2.24 bits per heavy atom. The van der Waals surface area contributed by atoms with Crippen molar-refractivity contribution in [2.45, 2.75) is 19.8 Å². The number of anilines is 1. The van der Waals surface area contributed by atoms with E-state index < -0.39 is 4.92 Å². The Balaban J connectivity index is 3.09. The third-order valence-corrected chi connectivity index (χ3v) is 2.56. The predicted molar refractivity (Wildman–Crippen MR) is 66.0 cm³/mol. The number of hydrogen-bond acceptors (Lipinski definition) is 4. The number of nitro benzene ring substituents is 1. The SMILES string of the molecule is CCCCN(C)c1cc(C#N)ccc1[N+](=O)[O-]. The highest BCUT2D eigenvalue weighted by Gasteiger charge is 2.17. The van der Waals surface area contributed by atoms with Crippen LogP contribution in [0.1, 0.15) is 25.3 Å². The van der Waals surface area contributed by atoms with Crippen molar-refractivity contribution in [3.63, 3.8) is 0 Å². The number of benzene rings is 1. The maximum absolute atomic E-state index is 10.9. The summed E-state index contributed by atoms with van der Waals surface area (Å²) in [5.41, 5.74) is 0.985. The van der Waals surface area contributed by atoms with Crippen LogP contribution in [-0.2, 0) is 0 Å². The lowest BCUT2D eigenvalue weighted by molar-refractivity contribution is -0.384. The second-order valence-corrected chi connectivity index (χ2v) is 3.85. The molecule has 0 atom stereocenters. The van der Waals surface area contributed by atoms with Crippen molar-refractivity contribution in [3.05, 3.63) is 33.9 Å². The van der Waals surface area contributed by atoms with Gasteiger partial charge in [-0.05, 0) is 18.6 Å². The molecule has 0 radical (unpaired) electrons. The zero-order valence-corrected chi connectivity index (χ0v) is 10.0. The average molecular weight is 233 g/mol. The van der Waals surface area contributed by atoms with Crippen molar-refractivity contribution >= 4 is 11.4 Å². The Bertz CT molecular complexity index is 452. The van der Waals surface area contributed by atoms with E-state index in [0.29, 0.717) is 11.3 Å². The smallest absolute Gasteiger partial charge is 0.292 e. The largest absolute Gasteiger partial charge is 0.369 e. The molecule has 0 unspecified atom stereocenters. The summed E-state index contributed by atoms with van der Waals surface area (Å²) in [5, 5.41) is 19.7. The van der Waals surface area contributed by atoms with Gasteiger partial charge in [0.05, 0.1) is 16.6 Å². The molecular formula is C12H15N3O2. The first-order valence-electron chi connectivity index (χ1n) is 5.49. The fraction of sp³-hybridized carbons (Fsp3) is 0.417. The van der Waals surface area contributed by atoms with Crippen molar-refractivity contribution in [2.75, 3.05) is 18.5 Å². The van der Waals surface area contributed by atoms with Gasteiger partial charge in [0, 0.05) is 19.7 Å². The summed E-state index contributed by atoms with van der Waals surface area (Å²) >= 11 is 0. The van der Waals surface area contributed by atoms with Crippen LogP contribution < -0.4 is 4.90 Å². The molecule has 0 amide bonds. The molecule has 0 aliphatic carbocycles. The van der Waals surface area contributed by atoms with E-state index in [1.165, 1.54) is 12.1 Å². The summed E-state index contributed by atoms with van der Waals surface area (Å²) in [6, 6.07) is 6.41. The highest BCUT2D eigenvalue weighted by molar-refractivity contribution is 5.65.